The summed E-state index contributed by atoms with van der Waals surface area (Å²) in [6.45, 7) is 10.3. The van der Waals surface area contributed by atoms with Gasteiger partial charge in [0.2, 0.25) is 0 Å². The van der Waals surface area contributed by atoms with Crippen LogP contribution in [-0.4, -0.2) is 42.3 Å². The van der Waals surface area contributed by atoms with Gasteiger partial charge in [0.15, 0.2) is 0 Å². The molecule has 1 heterocycles. The number of ether oxygens (including phenoxy) is 2. The van der Waals surface area contributed by atoms with Gasteiger partial charge in [-0.3, -0.25) is 0 Å². The highest BCUT2D eigenvalue weighted by atomic mass is 16.6. The number of benzene rings is 2. The molecule has 3 rings (SSSR count). The summed E-state index contributed by atoms with van der Waals surface area (Å²) in [6.07, 6.45) is 1.80. The van der Waals surface area contributed by atoms with Crippen molar-refractivity contribution in [1.29, 1.82) is 0 Å². The van der Waals surface area contributed by atoms with Crippen molar-refractivity contribution in [3.05, 3.63) is 54.6 Å². The molecule has 0 radical (unpaired) electrons. The highest BCUT2D eigenvalue weighted by molar-refractivity contribution is 5.69. The second-order valence-electron chi connectivity index (χ2n) is 8.42. The summed E-state index contributed by atoms with van der Waals surface area (Å²) >= 11 is 0. The van der Waals surface area contributed by atoms with Crippen LogP contribution < -0.4 is 9.64 Å². The summed E-state index contributed by atoms with van der Waals surface area (Å²) in [4.78, 5) is 16.8. The maximum absolute atomic E-state index is 12.6. The first-order valence-corrected chi connectivity index (χ1v) is 10.4. The SMILES string of the molecule is CCN(CC1CCCN1C(=O)OC(C)(C)C)c1cccc(Oc2ccccc2)c1. The van der Waals surface area contributed by atoms with Crippen molar-refractivity contribution < 1.29 is 14.3 Å². The molecule has 0 N–H and O–H groups in total. The van der Waals surface area contributed by atoms with Crippen molar-refractivity contribution in [3.63, 3.8) is 0 Å². The fourth-order valence-corrected chi connectivity index (χ4v) is 3.63. The summed E-state index contributed by atoms with van der Waals surface area (Å²) in [5, 5.41) is 0. The second kappa shape index (κ2) is 9.21. The maximum Gasteiger partial charge on any atom is 0.410 e. The fourth-order valence-electron chi connectivity index (χ4n) is 3.63. The molecule has 1 atom stereocenters. The molecule has 1 aliphatic rings. The molecule has 0 saturated carbocycles. The summed E-state index contributed by atoms with van der Waals surface area (Å²) in [6, 6.07) is 18.1. The third kappa shape index (κ3) is 5.89. The lowest BCUT2D eigenvalue weighted by Crippen LogP contribution is -2.45. The highest BCUT2D eigenvalue weighted by Gasteiger charge is 2.33. The van der Waals surface area contributed by atoms with Crippen LogP contribution in [0.5, 0.6) is 11.5 Å². The van der Waals surface area contributed by atoms with Gasteiger partial charge >= 0.3 is 6.09 Å². The summed E-state index contributed by atoms with van der Waals surface area (Å²) in [7, 11) is 0. The number of carbonyl (C=O) groups is 1. The first kappa shape index (κ1) is 21.0. The van der Waals surface area contributed by atoms with Crippen LogP contribution >= 0.6 is 0 Å². The lowest BCUT2D eigenvalue weighted by Gasteiger charge is -2.33. The Morgan fingerprint density at radius 3 is 2.52 bits per heavy atom. The van der Waals surface area contributed by atoms with Gasteiger partial charge in [-0.2, -0.15) is 0 Å². The standard InChI is InChI=1S/C24H32N2O3/c1-5-25(18-20-12-10-16-26(20)23(27)29-24(2,3)4)19-11-9-15-22(17-19)28-21-13-7-6-8-14-21/h6-9,11,13-15,17,20H,5,10,12,16,18H2,1-4H3. The Labute approximate surface area is 174 Å². The van der Waals surface area contributed by atoms with Crippen LogP contribution in [0.3, 0.4) is 0 Å². The van der Waals surface area contributed by atoms with Gasteiger partial charge in [-0.25, -0.2) is 4.79 Å². The molecule has 0 spiro atoms. The van der Waals surface area contributed by atoms with E-state index < -0.39 is 5.60 Å². The summed E-state index contributed by atoms with van der Waals surface area (Å²) in [5.74, 6) is 1.63. The van der Waals surface area contributed by atoms with E-state index in [1.54, 1.807) is 0 Å². The molecular weight excluding hydrogens is 364 g/mol. The topological polar surface area (TPSA) is 42.0 Å². The number of rotatable bonds is 6. The molecule has 0 aromatic heterocycles. The average molecular weight is 397 g/mol. The number of para-hydroxylation sites is 1. The smallest absolute Gasteiger partial charge is 0.410 e. The predicted octanol–water partition coefficient (Wildman–Crippen LogP) is 5.70. The van der Waals surface area contributed by atoms with Crippen LogP contribution in [-0.2, 0) is 4.74 Å². The largest absolute Gasteiger partial charge is 0.457 e. The van der Waals surface area contributed by atoms with Crippen molar-refractivity contribution >= 4 is 11.8 Å². The quantitative estimate of drug-likeness (QED) is 0.628. The molecule has 29 heavy (non-hydrogen) atoms. The second-order valence-corrected chi connectivity index (χ2v) is 8.42. The van der Waals surface area contributed by atoms with E-state index >= 15 is 0 Å². The number of likely N-dealkylation sites (N-methyl/N-ethyl adjacent to an activating group) is 1. The van der Waals surface area contributed by atoms with Gasteiger partial charge in [-0.05, 0) is 64.8 Å². The number of amides is 1. The third-order valence-corrected chi connectivity index (χ3v) is 4.98. The monoisotopic (exact) mass is 396 g/mol. The van der Waals surface area contributed by atoms with E-state index in [4.69, 9.17) is 9.47 Å². The molecule has 2 aromatic carbocycles. The number of hydrogen-bond acceptors (Lipinski definition) is 4. The molecule has 1 aliphatic heterocycles. The van der Waals surface area contributed by atoms with Gasteiger partial charge in [0.05, 0.1) is 6.04 Å². The minimum absolute atomic E-state index is 0.156. The molecule has 1 saturated heterocycles. The van der Waals surface area contributed by atoms with Gasteiger partial charge < -0.3 is 19.3 Å². The van der Waals surface area contributed by atoms with Crippen molar-refractivity contribution in [2.24, 2.45) is 0 Å². The Morgan fingerprint density at radius 2 is 1.83 bits per heavy atom. The van der Waals surface area contributed by atoms with Crippen molar-refractivity contribution in [2.45, 2.75) is 52.2 Å². The number of anilines is 1. The number of carbonyl (C=O) groups excluding carboxylic acids is 1. The Hall–Kier alpha value is -2.69. The van der Waals surface area contributed by atoms with Crippen LogP contribution in [0.4, 0.5) is 10.5 Å². The first-order valence-electron chi connectivity index (χ1n) is 10.4. The van der Waals surface area contributed by atoms with Crippen LogP contribution in [0.15, 0.2) is 54.6 Å². The normalized spacial score (nSPS) is 16.6. The fraction of sp³-hybridized carbons (Fsp3) is 0.458. The molecule has 0 aliphatic carbocycles. The molecule has 1 fully saturated rings. The number of nitrogens with zero attached hydrogens (tertiary/aromatic N) is 2. The van der Waals surface area contributed by atoms with Gasteiger partial charge in [-0.1, -0.05) is 24.3 Å². The van der Waals surface area contributed by atoms with Gasteiger partial charge in [0.1, 0.15) is 17.1 Å². The zero-order chi connectivity index (χ0) is 20.9. The van der Waals surface area contributed by atoms with E-state index in [1.165, 1.54) is 0 Å². The van der Waals surface area contributed by atoms with E-state index in [0.29, 0.717) is 0 Å². The molecule has 0 bridgehead atoms. The molecule has 156 valence electrons. The average Bonchev–Trinajstić information content (AvgIpc) is 3.14. The molecule has 5 heteroatoms. The maximum atomic E-state index is 12.6. The summed E-state index contributed by atoms with van der Waals surface area (Å²) in [5.41, 5.74) is 0.620. The molecular formula is C24H32N2O3. The number of hydrogen-bond donors (Lipinski definition) is 0. The minimum Gasteiger partial charge on any atom is -0.457 e. The van der Waals surface area contributed by atoms with Crippen LogP contribution in [0.25, 0.3) is 0 Å². The van der Waals surface area contributed by atoms with Crippen LogP contribution in [0.2, 0.25) is 0 Å². The zero-order valence-corrected chi connectivity index (χ0v) is 17.9. The van der Waals surface area contributed by atoms with E-state index in [-0.39, 0.29) is 12.1 Å². The summed E-state index contributed by atoms with van der Waals surface area (Å²) < 4.78 is 11.6. The van der Waals surface area contributed by atoms with E-state index in [0.717, 1.165) is 49.7 Å². The Balaban J connectivity index is 1.69. The Bertz CT molecular complexity index is 801. The lowest BCUT2D eigenvalue weighted by molar-refractivity contribution is 0.0231. The molecule has 1 amide bonds. The van der Waals surface area contributed by atoms with Gasteiger partial charge in [0, 0.05) is 31.4 Å². The zero-order valence-electron chi connectivity index (χ0n) is 17.9. The van der Waals surface area contributed by atoms with Crippen molar-refractivity contribution in [3.8, 4) is 11.5 Å². The Morgan fingerprint density at radius 1 is 1.10 bits per heavy atom. The molecule has 1 unspecified atom stereocenters. The van der Waals surface area contributed by atoms with Gasteiger partial charge in [0.25, 0.3) is 0 Å². The van der Waals surface area contributed by atoms with E-state index in [9.17, 15) is 4.79 Å². The van der Waals surface area contributed by atoms with E-state index in [1.807, 2.05) is 68.1 Å². The van der Waals surface area contributed by atoms with Crippen LogP contribution in [0, 0.1) is 0 Å². The Kier molecular flexibility index (Phi) is 6.68. The van der Waals surface area contributed by atoms with E-state index in [2.05, 4.69) is 24.0 Å². The first-order chi connectivity index (χ1) is 13.9. The third-order valence-electron chi connectivity index (χ3n) is 4.98. The van der Waals surface area contributed by atoms with Crippen molar-refractivity contribution in [2.75, 3.05) is 24.5 Å². The minimum atomic E-state index is -0.474. The number of likely N-dealkylation sites (tertiary alicyclic amines) is 1. The van der Waals surface area contributed by atoms with Crippen LogP contribution in [0.1, 0.15) is 40.5 Å². The molecule has 2 aromatic rings. The lowest BCUT2D eigenvalue weighted by atomic mass is 10.2. The molecule has 5 nitrogen and oxygen atoms in total. The van der Waals surface area contributed by atoms with Gasteiger partial charge in [-0.15, -0.1) is 0 Å². The predicted molar refractivity (Wildman–Crippen MR) is 117 cm³/mol. The van der Waals surface area contributed by atoms with Crippen molar-refractivity contribution in [1.82, 2.24) is 4.90 Å². The highest BCUT2D eigenvalue weighted by Crippen LogP contribution is 2.28.